The van der Waals surface area contributed by atoms with Crippen LogP contribution in [0.15, 0.2) is 12.2 Å². The molecule has 2 unspecified atom stereocenters. The van der Waals surface area contributed by atoms with E-state index in [0.717, 1.165) is 32.1 Å². The number of nitrogens with zero attached hydrogens (tertiary/aromatic N) is 1. The van der Waals surface area contributed by atoms with Crippen LogP contribution in [0.1, 0.15) is 84.0 Å². The van der Waals surface area contributed by atoms with E-state index in [2.05, 4.69) is 23.6 Å². The molecule has 0 spiro atoms. The van der Waals surface area contributed by atoms with Crippen LogP contribution in [-0.4, -0.2) is 69.2 Å². The molecule has 0 rings (SSSR count). The molecule has 8 nitrogen and oxygen atoms in total. The van der Waals surface area contributed by atoms with E-state index in [-0.39, 0.29) is 13.2 Å². The molecule has 0 aliphatic carbocycles. The summed E-state index contributed by atoms with van der Waals surface area (Å²) in [4.78, 5) is 23.4. The van der Waals surface area contributed by atoms with Gasteiger partial charge in [0.1, 0.15) is 25.9 Å². The number of hydrogen-bond acceptors (Lipinski definition) is 7. The zero-order valence-corrected chi connectivity index (χ0v) is 22.2. The Morgan fingerprint density at radius 1 is 0.939 bits per heavy atom. The number of hydrogen-bond donors (Lipinski definition) is 1. The van der Waals surface area contributed by atoms with Crippen LogP contribution in [0.4, 0.5) is 0 Å². The first-order valence-electron chi connectivity index (χ1n) is 12.4. The number of unbranched alkanes of at least 4 members (excludes halogenated alkanes) is 9. The lowest BCUT2D eigenvalue weighted by molar-refractivity contribution is -0.870. The monoisotopic (exact) mass is 493 g/mol. The van der Waals surface area contributed by atoms with E-state index in [9.17, 15) is 19.4 Å². The molecule has 0 aliphatic rings. The van der Waals surface area contributed by atoms with E-state index in [1.165, 1.54) is 38.5 Å². The summed E-state index contributed by atoms with van der Waals surface area (Å²) < 4.78 is 26.6. The second kappa shape index (κ2) is 19.5. The van der Waals surface area contributed by atoms with Crippen molar-refractivity contribution in [1.82, 2.24) is 0 Å². The number of quaternary nitrogens is 1. The first kappa shape index (κ1) is 32.2. The molecule has 0 amide bonds. The van der Waals surface area contributed by atoms with Gasteiger partial charge in [0.05, 0.1) is 27.7 Å². The topological polar surface area (TPSA) is 105 Å². The number of carbonyl (C=O) groups is 1. The standard InChI is InChI=1S/C24H48NO7P/c1-5-6-7-8-9-10-11-12-13-14-15-16-17-18-24(27)30-21-23(26)22-32-33(28,29)31-20-19-25(2,3)4/h10-11,23,26H,5-9,12-22H2,1-4H3/b11-10+. The van der Waals surface area contributed by atoms with Gasteiger partial charge in [-0.15, -0.1) is 0 Å². The van der Waals surface area contributed by atoms with E-state index in [0.29, 0.717) is 17.4 Å². The van der Waals surface area contributed by atoms with Crippen molar-refractivity contribution in [3.63, 3.8) is 0 Å². The van der Waals surface area contributed by atoms with Gasteiger partial charge in [-0.25, -0.2) is 0 Å². The Morgan fingerprint density at radius 3 is 2.12 bits per heavy atom. The summed E-state index contributed by atoms with van der Waals surface area (Å²) in [6.07, 6.45) is 16.3. The second-order valence-electron chi connectivity index (χ2n) is 9.55. The quantitative estimate of drug-likeness (QED) is 0.0785. The van der Waals surface area contributed by atoms with Crippen molar-refractivity contribution in [1.29, 1.82) is 0 Å². The molecule has 0 radical (unpaired) electrons. The van der Waals surface area contributed by atoms with Crippen molar-refractivity contribution < 1.29 is 37.6 Å². The average molecular weight is 494 g/mol. The van der Waals surface area contributed by atoms with Gasteiger partial charge in [0.25, 0.3) is 7.82 Å². The second-order valence-corrected chi connectivity index (χ2v) is 11.0. The molecule has 0 saturated heterocycles. The first-order chi connectivity index (χ1) is 15.6. The van der Waals surface area contributed by atoms with E-state index in [4.69, 9.17) is 9.26 Å². The maximum atomic E-state index is 11.8. The van der Waals surface area contributed by atoms with Crippen molar-refractivity contribution in [3.8, 4) is 0 Å². The van der Waals surface area contributed by atoms with Crippen molar-refractivity contribution in [2.45, 2.75) is 90.1 Å². The van der Waals surface area contributed by atoms with Crippen LogP contribution >= 0.6 is 7.82 Å². The lowest BCUT2D eigenvalue weighted by Crippen LogP contribution is -2.37. The van der Waals surface area contributed by atoms with Crippen LogP contribution in [0.25, 0.3) is 0 Å². The molecule has 1 N–H and O–H groups in total. The number of rotatable bonds is 22. The zero-order valence-electron chi connectivity index (χ0n) is 21.3. The normalized spacial score (nSPS) is 15.0. The highest BCUT2D eigenvalue weighted by Crippen LogP contribution is 2.38. The molecule has 0 aromatic carbocycles. The molecule has 0 heterocycles. The van der Waals surface area contributed by atoms with Crippen LogP contribution < -0.4 is 4.89 Å². The molecule has 196 valence electrons. The summed E-state index contributed by atoms with van der Waals surface area (Å²) in [6, 6.07) is 0. The van der Waals surface area contributed by atoms with Crippen LogP contribution in [0.5, 0.6) is 0 Å². The molecular formula is C24H48NO7P. The highest BCUT2D eigenvalue weighted by atomic mass is 31.2. The summed E-state index contributed by atoms with van der Waals surface area (Å²) in [5.74, 6) is -0.399. The van der Waals surface area contributed by atoms with Gasteiger partial charge in [0.2, 0.25) is 0 Å². The number of likely N-dealkylation sites (N-methyl/N-ethyl adjacent to an activating group) is 1. The Bertz CT molecular complexity index is 564. The molecule has 0 aromatic rings. The molecule has 0 fully saturated rings. The smallest absolute Gasteiger partial charge is 0.305 e. The van der Waals surface area contributed by atoms with Crippen LogP contribution in [0, 0.1) is 0 Å². The largest absolute Gasteiger partial charge is 0.756 e. The predicted octanol–water partition coefficient (Wildman–Crippen LogP) is 4.36. The summed E-state index contributed by atoms with van der Waals surface area (Å²) >= 11 is 0. The third kappa shape index (κ3) is 24.2. The van der Waals surface area contributed by atoms with Gasteiger partial charge >= 0.3 is 5.97 Å². The maximum Gasteiger partial charge on any atom is 0.305 e. The van der Waals surface area contributed by atoms with Crippen molar-refractivity contribution in [3.05, 3.63) is 12.2 Å². The minimum atomic E-state index is -4.49. The fourth-order valence-electron chi connectivity index (χ4n) is 2.94. The van der Waals surface area contributed by atoms with Crippen LogP contribution in [-0.2, 0) is 23.1 Å². The van der Waals surface area contributed by atoms with Crippen LogP contribution in [0.3, 0.4) is 0 Å². The van der Waals surface area contributed by atoms with Crippen molar-refractivity contribution >= 4 is 13.8 Å². The number of phosphoric ester groups is 1. The van der Waals surface area contributed by atoms with Gasteiger partial charge in [0.15, 0.2) is 0 Å². The zero-order chi connectivity index (χ0) is 25.0. The van der Waals surface area contributed by atoms with Gasteiger partial charge in [0, 0.05) is 6.42 Å². The van der Waals surface area contributed by atoms with Gasteiger partial charge in [-0.3, -0.25) is 9.36 Å². The van der Waals surface area contributed by atoms with Gasteiger partial charge < -0.3 is 28.3 Å². The summed E-state index contributed by atoms with van der Waals surface area (Å²) in [5, 5.41) is 9.77. The van der Waals surface area contributed by atoms with Crippen molar-refractivity contribution in [2.24, 2.45) is 0 Å². The van der Waals surface area contributed by atoms with E-state index in [1.807, 2.05) is 21.1 Å². The van der Waals surface area contributed by atoms with Gasteiger partial charge in [-0.2, -0.15) is 0 Å². The van der Waals surface area contributed by atoms with Gasteiger partial charge in [-0.05, 0) is 32.1 Å². The number of ether oxygens (including phenoxy) is 1. The SMILES string of the molecule is CCCCCC/C=C/CCCCCCCC(=O)OCC(O)COP(=O)([O-])OCC[N+](C)(C)C. The molecule has 33 heavy (non-hydrogen) atoms. The fraction of sp³-hybridized carbons (Fsp3) is 0.875. The van der Waals surface area contributed by atoms with E-state index >= 15 is 0 Å². The number of allylic oxidation sites excluding steroid dienone is 2. The highest BCUT2D eigenvalue weighted by molar-refractivity contribution is 7.45. The predicted molar refractivity (Wildman–Crippen MR) is 130 cm³/mol. The number of aliphatic hydroxyl groups is 1. The molecule has 0 saturated carbocycles. The third-order valence-corrected chi connectivity index (χ3v) is 5.98. The minimum Gasteiger partial charge on any atom is -0.756 e. The summed E-state index contributed by atoms with van der Waals surface area (Å²) in [5.41, 5.74) is 0. The maximum absolute atomic E-state index is 11.8. The Hall–Kier alpha value is -0.760. The summed E-state index contributed by atoms with van der Waals surface area (Å²) in [6.45, 7) is 1.90. The molecule has 0 aromatic heterocycles. The lowest BCUT2D eigenvalue weighted by atomic mass is 10.1. The molecule has 2 atom stereocenters. The van der Waals surface area contributed by atoms with E-state index < -0.39 is 26.5 Å². The first-order valence-corrected chi connectivity index (χ1v) is 13.9. The van der Waals surface area contributed by atoms with Crippen LogP contribution in [0.2, 0.25) is 0 Å². The summed E-state index contributed by atoms with van der Waals surface area (Å²) in [7, 11) is 1.24. The average Bonchev–Trinajstić information content (AvgIpc) is 2.73. The number of phosphoric acid groups is 1. The van der Waals surface area contributed by atoms with Crippen molar-refractivity contribution in [2.75, 3.05) is 47.5 Å². The fourth-order valence-corrected chi connectivity index (χ4v) is 3.67. The molecule has 9 heteroatoms. The Balaban J connectivity index is 3.63. The Kier molecular flexibility index (Phi) is 19.1. The van der Waals surface area contributed by atoms with E-state index in [1.54, 1.807) is 0 Å². The number of aliphatic hydroxyl groups excluding tert-OH is 1. The minimum absolute atomic E-state index is 0.00875. The Morgan fingerprint density at radius 2 is 1.52 bits per heavy atom. The highest BCUT2D eigenvalue weighted by Gasteiger charge is 2.16. The third-order valence-electron chi connectivity index (χ3n) is 5.02. The lowest BCUT2D eigenvalue weighted by Gasteiger charge is -2.27. The molecule has 0 aliphatic heterocycles. The molecular weight excluding hydrogens is 445 g/mol. The van der Waals surface area contributed by atoms with Gasteiger partial charge in [-0.1, -0.05) is 57.6 Å². The molecule has 0 bridgehead atoms. The Labute approximate surface area is 201 Å². The number of esters is 1. The number of carbonyl (C=O) groups excluding carboxylic acids is 1.